The van der Waals surface area contributed by atoms with Crippen molar-refractivity contribution in [1.82, 2.24) is 15.4 Å². The van der Waals surface area contributed by atoms with E-state index in [9.17, 15) is 0 Å². The zero-order chi connectivity index (χ0) is 11.4. The molecule has 0 aliphatic carbocycles. The van der Waals surface area contributed by atoms with E-state index in [0.29, 0.717) is 23.7 Å². The number of aryl methyl sites for hydroxylation is 1. The van der Waals surface area contributed by atoms with Gasteiger partial charge in [-0.15, -0.1) is 5.10 Å². The second kappa shape index (κ2) is 4.40. The number of hydrogen-bond donors (Lipinski definition) is 1. The van der Waals surface area contributed by atoms with Crippen molar-refractivity contribution < 1.29 is 4.52 Å². The first-order valence-electron chi connectivity index (χ1n) is 4.67. The first kappa shape index (κ1) is 10.1. The molecule has 0 unspecified atom stereocenters. The molecular weight excluding hydrogens is 206 g/mol. The highest BCUT2D eigenvalue weighted by atomic mass is 16.5. The van der Waals surface area contributed by atoms with Crippen molar-refractivity contribution in [2.24, 2.45) is 0 Å². The van der Waals surface area contributed by atoms with E-state index in [1.165, 1.54) is 6.20 Å². The average molecular weight is 215 g/mol. The van der Waals surface area contributed by atoms with Crippen LogP contribution in [0.3, 0.4) is 0 Å². The molecule has 1 N–H and O–H groups in total. The largest absolute Gasteiger partial charge is 0.360 e. The summed E-state index contributed by atoms with van der Waals surface area (Å²) in [5.41, 5.74) is 1.27. The predicted molar refractivity (Wildman–Crippen MR) is 55.3 cm³/mol. The highest BCUT2D eigenvalue weighted by molar-refractivity contribution is 5.50. The Labute approximate surface area is 91.9 Å². The van der Waals surface area contributed by atoms with Crippen LogP contribution < -0.4 is 5.32 Å². The molecule has 2 rings (SSSR count). The molecule has 2 heterocycles. The minimum atomic E-state index is 0.425. The summed E-state index contributed by atoms with van der Waals surface area (Å²) in [6.45, 7) is 2.27. The van der Waals surface area contributed by atoms with E-state index in [1.54, 1.807) is 6.07 Å². The number of aromatic nitrogens is 3. The summed E-state index contributed by atoms with van der Waals surface area (Å²) in [7, 11) is 0. The van der Waals surface area contributed by atoms with E-state index in [-0.39, 0.29) is 0 Å². The molecule has 6 nitrogen and oxygen atoms in total. The molecule has 16 heavy (non-hydrogen) atoms. The van der Waals surface area contributed by atoms with Gasteiger partial charge in [0.05, 0.1) is 24.0 Å². The lowest BCUT2D eigenvalue weighted by atomic mass is 10.3. The van der Waals surface area contributed by atoms with Crippen molar-refractivity contribution >= 4 is 5.82 Å². The number of nitrogens with zero attached hydrogens (tertiary/aromatic N) is 4. The summed E-state index contributed by atoms with van der Waals surface area (Å²) >= 11 is 0. The van der Waals surface area contributed by atoms with E-state index in [0.717, 1.165) is 5.69 Å². The maximum atomic E-state index is 8.83. The van der Waals surface area contributed by atoms with E-state index in [4.69, 9.17) is 9.78 Å². The smallest absolute Gasteiger partial charge is 0.167 e. The van der Waals surface area contributed by atoms with Gasteiger partial charge in [-0.2, -0.15) is 10.4 Å². The summed E-state index contributed by atoms with van der Waals surface area (Å²) in [5.74, 6) is 1.13. The summed E-state index contributed by atoms with van der Waals surface area (Å²) in [6.07, 6.45) is 1.47. The lowest BCUT2D eigenvalue weighted by Gasteiger charge is -2.02. The van der Waals surface area contributed by atoms with Crippen molar-refractivity contribution in [3.05, 3.63) is 35.3 Å². The minimum Gasteiger partial charge on any atom is -0.360 e. The number of nitriles is 1. The van der Waals surface area contributed by atoms with Gasteiger partial charge in [0.25, 0.3) is 0 Å². The van der Waals surface area contributed by atoms with Crippen molar-refractivity contribution in [2.45, 2.75) is 13.5 Å². The zero-order valence-electron chi connectivity index (χ0n) is 8.64. The van der Waals surface area contributed by atoms with Crippen molar-refractivity contribution in [2.75, 3.05) is 5.32 Å². The molecule has 0 amide bonds. The molecule has 0 aliphatic rings. The normalized spacial score (nSPS) is 9.75. The van der Waals surface area contributed by atoms with E-state index >= 15 is 0 Å². The Hall–Kier alpha value is -2.42. The molecule has 0 spiro atoms. The molecule has 0 saturated carbocycles. The Morgan fingerprint density at radius 2 is 2.44 bits per heavy atom. The maximum absolute atomic E-state index is 8.83. The molecule has 0 radical (unpaired) electrons. The molecule has 80 valence electrons. The van der Waals surface area contributed by atoms with E-state index < -0.39 is 0 Å². The fourth-order valence-corrected chi connectivity index (χ4v) is 1.22. The highest BCUT2D eigenvalue weighted by Gasteiger charge is 2.05. The summed E-state index contributed by atoms with van der Waals surface area (Å²) < 4.78 is 5.02. The lowest BCUT2D eigenvalue weighted by molar-refractivity contribution is 0.384. The Balaban J connectivity index is 2.08. The molecule has 0 aliphatic heterocycles. The quantitative estimate of drug-likeness (QED) is 0.829. The monoisotopic (exact) mass is 215 g/mol. The van der Waals surface area contributed by atoms with Crippen LogP contribution in [0.5, 0.6) is 0 Å². The fourth-order valence-electron chi connectivity index (χ4n) is 1.22. The molecule has 0 fully saturated rings. The number of anilines is 1. The third-order valence-corrected chi connectivity index (χ3v) is 1.95. The van der Waals surface area contributed by atoms with Gasteiger partial charge in [0.15, 0.2) is 11.6 Å². The van der Waals surface area contributed by atoms with Gasteiger partial charge in [0, 0.05) is 6.07 Å². The highest BCUT2D eigenvalue weighted by Crippen LogP contribution is 2.10. The van der Waals surface area contributed by atoms with Crippen LogP contribution in [0.1, 0.15) is 17.0 Å². The Kier molecular flexibility index (Phi) is 2.78. The standard InChI is InChI=1S/C10H9N5O/c1-7-4-9(16-15-7)6-12-10-8(5-11)2-3-13-14-10/h2-4H,6H2,1H3,(H,12,14). The summed E-state index contributed by atoms with van der Waals surface area (Å²) in [4.78, 5) is 0. The third-order valence-electron chi connectivity index (χ3n) is 1.95. The topological polar surface area (TPSA) is 87.6 Å². The first-order valence-corrected chi connectivity index (χ1v) is 4.67. The molecule has 2 aromatic heterocycles. The van der Waals surface area contributed by atoms with Gasteiger partial charge in [0.2, 0.25) is 0 Å². The van der Waals surface area contributed by atoms with Crippen LogP contribution in [-0.2, 0) is 6.54 Å². The Morgan fingerprint density at radius 3 is 3.12 bits per heavy atom. The first-order chi connectivity index (χ1) is 7.79. The predicted octanol–water partition coefficient (Wildman–Crippen LogP) is 1.26. The average Bonchev–Trinajstić information content (AvgIpc) is 2.73. The molecule has 0 atom stereocenters. The van der Waals surface area contributed by atoms with E-state index in [2.05, 4.69) is 20.7 Å². The Morgan fingerprint density at radius 1 is 1.56 bits per heavy atom. The molecule has 0 saturated heterocycles. The van der Waals surface area contributed by atoms with Crippen LogP contribution in [0.2, 0.25) is 0 Å². The van der Waals surface area contributed by atoms with Gasteiger partial charge >= 0.3 is 0 Å². The van der Waals surface area contributed by atoms with Crippen LogP contribution in [0.15, 0.2) is 22.9 Å². The van der Waals surface area contributed by atoms with Crippen LogP contribution in [0, 0.1) is 18.3 Å². The molecule has 0 aromatic carbocycles. The number of hydrogen-bond acceptors (Lipinski definition) is 6. The lowest BCUT2D eigenvalue weighted by Crippen LogP contribution is -2.03. The van der Waals surface area contributed by atoms with Crippen molar-refractivity contribution in [3.63, 3.8) is 0 Å². The third kappa shape index (κ3) is 2.15. The Bertz CT molecular complexity index is 528. The van der Waals surface area contributed by atoms with Gasteiger partial charge in [-0.1, -0.05) is 5.16 Å². The minimum absolute atomic E-state index is 0.425. The van der Waals surface area contributed by atoms with Gasteiger partial charge in [-0.3, -0.25) is 0 Å². The van der Waals surface area contributed by atoms with Crippen LogP contribution in [-0.4, -0.2) is 15.4 Å². The number of nitrogens with one attached hydrogen (secondary N) is 1. The molecule has 2 aromatic rings. The second-order valence-electron chi connectivity index (χ2n) is 3.19. The van der Waals surface area contributed by atoms with Crippen LogP contribution in [0.25, 0.3) is 0 Å². The number of rotatable bonds is 3. The van der Waals surface area contributed by atoms with E-state index in [1.807, 2.05) is 19.1 Å². The van der Waals surface area contributed by atoms with Gasteiger partial charge in [0.1, 0.15) is 6.07 Å². The van der Waals surface area contributed by atoms with Gasteiger partial charge < -0.3 is 9.84 Å². The molecule has 6 heteroatoms. The van der Waals surface area contributed by atoms with Crippen molar-refractivity contribution in [3.8, 4) is 6.07 Å². The van der Waals surface area contributed by atoms with Gasteiger partial charge in [-0.05, 0) is 13.0 Å². The maximum Gasteiger partial charge on any atom is 0.167 e. The van der Waals surface area contributed by atoms with Crippen LogP contribution >= 0.6 is 0 Å². The van der Waals surface area contributed by atoms with Gasteiger partial charge in [-0.25, -0.2) is 0 Å². The summed E-state index contributed by atoms with van der Waals surface area (Å²) in [5, 5.41) is 23.1. The van der Waals surface area contributed by atoms with Crippen LogP contribution in [0.4, 0.5) is 5.82 Å². The van der Waals surface area contributed by atoms with Crippen molar-refractivity contribution in [1.29, 1.82) is 5.26 Å². The second-order valence-corrected chi connectivity index (χ2v) is 3.19. The summed E-state index contributed by atoms with van der Waals surface area (Å²) in [6, 6.07) is 5.44. The zero-order valence-corrected chi connectivity index (χ0v) is 8.64. The molecule has 0 bridgehead atoms. The fraction of sp³-hybridized carbons (Fsp3) is 0.200. The SMILES string of the molecule is Cc1cc(CNc2nnccc2C#N)on1. The molecular formula is C10H9N5O.